The Morgan fingerprint density at radius 1 is 0.805 bits per heavy atom. The van der Waals surface area contributed by atoms with E-state index in [1.807, 2.05) is 19.1 Å². The van der Waals surface area contributed by atoms with Gasteiger partial charge in [0.1, 0.15) is 6.54 Å². The summed E-state index contributed by atoms with van der Waals surface area (Å²) in [5, 5.41) is 5.92. The fourth-order valence-corrected chi connectivity index (χ4v) is 5.71. The lowest BCUT2D eigenvalue weighted by atomic mass is 9.87. The van der Waals surface area contributed by atoms with Crippen molar-refractivity contribution in [1.82, 2.24) is 0 Å². The zero-order chi connectivity index (χ0) is 29.8. The molecule has 7 nitrogen and oxygen atoms in total. The molecule has 0 saturated carbocycles. The van der Waals surface area contributed by atoms with Crippen molar-refractivity contribution in [3.8, 4) is 0 Å². The zero-order valence-corrected chi connectivity index (χ0v) is 24.9. The van der Waals surface area contributed by atoms with Gasteiger partial charge in [-0.1, -0.05) is 74.3 Å². The third-order valence-electron chi connectivity index (χ3n) is 6.41. The average Bonchev–Trinajstić information content (AvgIpc) is 2.91. The topological polar surface area (TPSA) is 95.6 Å². The molecule has 2 amide bonds. The van der Waals surface area contributed by atoms with Crippen molar-refractivity contribution >= 4 is 50.5 Å². The van der Waals surface area contributed by atoms with Crippen LogP contribution < -0.4 is 14.9 Å². The minimum absolute atomic E-state index is 0.0244. The lowest BCUT2D eigenvalue weighted by Crippen LogP contribution is -2.38. The molecular weight excluding hydrogens is 558 g/mol. The van der Waals surface area contributed by atoms with Crippen LogP contribution in [0.5, 0.6) is 0 Å². The third-order valence-corrected chi connectivity index (χ3v) is 8.43. The predicted molar refractivity (Wildman–Crippen MR) is 165 cm³/mol. The number of rotatable bonds is 8. The van der Waals surface area contributed by atoms with Crippen LogP contribution in [-0.2, 0) is 20.2 Å². The number of nitrogens with zero attached hydrogens (tertiary/aromatic N) is 1. The Morgan fingerprint density at radius 2 is 1.41 bits per heavy atom. The molecule has 0 spiro atoms. The maximum absolute atomic E-state index is 13.6. The van der Waals surface area contributed by atoms with E-state index in [1.165, 1.54) is 18.2 Å². The van der Waals surface area contributed by atoms with Crippen LogP contribution in [0.4, 0.5) is 17.1 Å². The molecular formula is C32H32ClN3O4S. The Balaban J connectivity index is 1.51. The summed E-state index contributed by atoms with van der Waals surface area (Å²) in [6, 6.07) is 26.8. The fourth-order valence-electron chi connectivity index (χ4n) is 4.11. The zero-order valence-electron chi connectivity index (χ0n) is 23.3. The molecule has 0 saturated heterocycles. The van der Waals surface area contributed by atoms with Crippen molar-refractivity contribution in [2.45, 2.75) is 38.0 Å². The smallest absolute Gasteiger partial charge is 0.264 e. The van der Waals surface area contributed by atoms with Crippen molar-refractivity contribution in [1.29, 1.82) is 0 Å². The number of aryl methyl sites for hydroxylation is 1. The van der Waals surface area contributed by atoms with E-state index in [9.17, 15) is 18.0 Å². The highest BCUT2D eigenvalue weighted by Gasteiger charge is 2.27. The second kappa shape index (κ2) is 12.2. The lowest BCUT2D eigenvalue weighted by molar-refractivity contribution is -0.114. The molecule has 0 aliphatic carbocycles. The van der Waals surface area contributed by atoms with Crippen LogP contribution >= 0.6 is 11.6 Å². The number of benzene rings is 4. The van der Waals surface area contributed by atoms with Crippen molar-refractivity contribution in [3.63, 3.8) is 0 Å². The van der Waals surface area contributed by atoms with Crippen LogP contribution in [0, 0.1) is 6.92 Å². The number of carbonyl (C=O) groups is 2. The number of anilines is 3. The Kier molecular flexibility index (Phi) is 8.85. The first-order chi connectivity index (χ1) is 19.3. The average molecular weight is 590 g/mol. The highest BCUT2D eigenvalue weighted by Crippen LogP contribution is 2.27. The molecule has 0 aromatic heterocycles. The number of amides is 2. The van der Waals surface area contributed by atoms with Gasteiger partial charge in [-0.15, -0.1) is 0 Å². The van der Waals surface area contributed by atoms with E-state index in [0.29, 0.717) is 22.0 Å². The summed E-state index contributed by atoms with van der Waals surface area (Å²) < 4.78 is 28.2. The van der Waals surface area contributed by atoms with Gasteiger partial charge in [0.15, 0.2) is 0 Å². The molecule has 0 atom stereocenters. The van der Waals surface area contributed by atoms with Crippen LogP contribution in [-0.4, -0.2) is 26.8 Å². The Labute approximate surface area is 246 Å². The van der Waals surface area contributed by atoms with Crippen molar-refractivity contribution in [2.75, 3.05) is 21.5 Å². The van der Waals surface area contributed by atoms with E-state index in [2.05, 4.69) is 31.4 Å². The number of hydrogen-bond acceptors (Lipinski definition) is 4. The summed E-state index contributed by atoms with van der Waals surface area (Å²) in [4.78, 5) is 26.0. The van der Waals surface area contributed by atoms with Crippen LogP contribution in [0.3, 0.4) is 0 Å². The highest BCUT2D eigenvalue weighted by molar-refractivity contribution is 7.92. The lowest BCUT2D eigenvalue weighted by Gasteiger charge is -2.24. The van der Waals surface area contributed by atoms with E-state index < -0.39 is 22.5 Å². The number of sulfonamides is 1. The van der Waals surface area contributed by atoms with Crippen LogP contribution in [0.1, 0.15) is 42.3 Å². The first-order valence-electron chi connectivity index (χ1n) is 13.0. The van der Waals surface area contributed by atoms with Crippen molar-refractivity contribution < 1.29 is 18.0 Å². The number of hydrogen-bond donors (Lipinski definition) is 2. The van der Waals surface area contributed by atoms with E-state index in [4.69, 9.17) is 11.6 Å². The van der Waals surface area contributed by atoms with Gasteiger partial charge in [-0.2, -0.15) is 0 Å². The van der Waals surface area contributed by atoms with E-state index >= 15 is 0 Å². The maximum atomic E-state index is 13.6. The van der Waals surface area contributed by atoms with Crippen molar-refractivity contribution in [3.05, 3.63) is 119 Å². The van der Waals surface area contributed by atoms with Gasteiger partial charge in [-0.05, 0) is 78.6 Å². The molecule has 2 N–H and O–H groups in total. The molecule has 41 heavy (non-hydrogen) atoms. The molecule has 4 aromatic carbocycles. The van der Waals surface area contributed by atoms with E-state index in [1.54, 1.807) is 66.7 Å². The van der Waals surface area contributed by atoms with Crippen LogP contribution in [0.15, 0.2) is 102 Å². The summed E-state index contributed by atoms with van der Waals surface area (Å²) in [7, 11) is -4.09. The normalized spacial score (nSPS) is 11.5. The Hall–Kier alpha value is -4.14. The summed E-state index contributed by atoms with van der Waals surface area (Å²) >= 11 is 6.15. The van der Waals surface area contributed by atoms with Gasteiger partial charge in [-0.3, -0.25) is 13.9 Å². The molecule has 0 aliphatic rings. The summed E-state index contributed by atoms with van der Waals surface area (Å²) in [6.45, 7) is 7.68. The molecule has 0 radical (unpaired) electrons. The largest absolute Gasteiger partial charge is 0.324 e. The fraction of sp³-hybridized carbons (Fsp3) is 0.188. The second-order valence-electron chi connectivity index (χ2n) is 10.7. The minimum Gasteiger partial charge on any atom is -0.324 e. The number of halogens is 1. The molecule has 4 rings (SSSR count). The number of carbonyl (C=O) groups excluding carboxylic acids is 2. The van der Waals surface area contributed by atoms with E-state index in [-0.39, 0.29) is 21.9 Å². The minimum atomic E-state index is -4.09. The molecule has 0 fully saturated rings. The Bertz CT molecular complexity index is 1660. The van der Waals surface area contributed by atoms with Gasteiger partial charge in [0, 0.05) is 22.0 Å². The molecule has 0 unspecified atom stereocenters. The van der Waals surface area contributed by atoms with Crippen LogP contribution in [0.25, 0.3) is 0 Å². The molecule has 0 heterocycles. The second-order valence-corrected chi connectivity index (χ2v) is 13.0. The SMILES string of the molecule is Cc1ccc(S(=O)(=O)N(CC(=O)Nc2cccc(NC(=O)c3ccc(C(C)(C)C)cc3)c2)c2cccc(Cl)c2)cc1. The van der Waals surface area contributed by atoms with Gasteiger partial charge in [0.25, 0.3) is 15.9 Å². The van der Waals surface area contributed by atoms with Crippen LogP contribution in [0.2, 0.25) is 5.02 Å². The summed E-state index contributed by atoms with van der Waals surface area (Å²) in [6.07, 6.45) is 0. The number of nitrogens with one attached hydrogen (secondary N) is 2. The molecule has 0 bridgehead atoms. The predicted octanol–water partition coefficient (Wildman–Crippen LogP) is 7.03. The maximum Gasteiger partial charge on any atom is 0.264 e. The standard InChI is InChI=1S/C32H32ClN3O4S/c1-22-11-17-29(18-12-22)41(39,40)36(28-10-5-7-25(33)19-28)21-30(37)34-26-8-6-9-27(20-26)35-31(38)23-13-15-24(16-14-23)32(2,3)4/h5-20H,21H2,1-4H3,(H,34,37)(H,35,38). The molecule has 4 aromatic rings. The van der Waals surface area contributed by atoms with E-state index in [0.717, 1.165) is 15.4 Å². The first kappa shape index (κ1) is 29.8. The quantitative estimate of drug-likeness (QED) is 0.231. The monoisotopic (exact) mass is 589 g/mol. The van der Waals surface area contributed by atoms with Gasteiger partial charge < -0.3 is 10.6 Å². The first-order valence-corrected chi connectivity index (χ1v) is 14.8. The van der Waals surface area contributed by atoms with Crippen molar-refractivity contribution in [2.24, 2.45) is 0 Å². The molecule has 0 aliphatic heterocycles. The molecule has 212 valence electrons. The highest BCUT2D eigenvalue weighted by atomic mass is 35.5. The van der Waals surface area contributed by atoms with Gasteiger partial charge in [0.05, 0.1) is 10.6 Å². The van der Waals surface area contributed by atoms with Gasteiger partial charge in [-0.25, -0.2) is 8.42 Å². The van der Waals surface area contributed by atoms with Gasteiger partial charge >= 0.3 is 0 Å². The van der Waals surface area contributed by atoms with Gasteiger partial charge in [0.2, 0.25) is 5.91 Å². The third kappa shape index (κ3) is 7.54. The molecule has 9 heteroatoms. The Morgan fingerprint density at radius 3 is 2.02 bits per heavy atom. The summed E-state index contributed by atoms with van der Waals surface area (Å²) in [5.74, 6) is -0.854. The summed E-state index contributed by atoms with van der Waals surface area (Å²) in [5.41, 5.74) is 3.64.